The lowest BCUT2D eigenvalue weighted by Crippen LogP contribution is -2.32. The number of rotatable bonds is 5. The van der Waals surface area contributed by atoms with Gasteiger partial charge in [0.15, 0.2) is 0 Å². The highest BCUT2D eigenvalue weighted by molar-refractivity contribution is 9.10. The van der Waals surface area contributed by atoms with Crippen LogP contribution in [0.3, 0.4) is 0 Å². The highest BCUT2D eigenvalue weighted by atomic mass is 79.9. The third-order valence-corrected chi connectivity index (χ3v) is 6.06. The van der Waals surface area contributed by atoms with Gasteiger partial charge in [-0.3, -0.25) is 19.5 Å². The van der Waals surface area contributed by atoms with Gasteiger partial charge < -0.3 is 14.7 Å². The third kappa shape index (κ3) is 4.11. The van der Waals surface area contributed by atoms with Crippen LogP contribution in [-0.4, -0.2) is 38.8 Å². The van der Waals surface area contributed by atoms with Crippen LogP contribution >= 0.6 is 15.9 Å². The molecule has 1 amide bonds. The van der Waals surface area contributed by atoms with Gasteiger partial charge in [0.25, 0.3) is 5.56 Å². The first-order valence-corrected chi connectivity index (χ1v) is 10.9. The molecule has 8 nitrogen and oxygen atoms in total. The summed E-state index contributed by atoms with van der Waals surface area (Å²) in [6.07, 6.45) is 4.20. The van der Waals surface area contributed by atoms with Crippen LogP contribution in [0.2, 0.25) is 0 Å². The Morgan fingerprint density at radius 1 is 1.29 bits per heavy atom. The van der Waals surface area contributed by atoms with E-state index in [9.17, 15) is 9.59 Å². The number of benzene rings is 1. The van der Waals surface area contributed by atoms with Crippen molar-refractivity contribution in [3.8, 4) is 0 Å². The minimum absolute atomic E-state index is 0.0434. The number of amides is 1. The molecular weight excluding hydrogens is 462 g/mol. The molecule has 5 rings (SSSR count). The Bertz CT molecular complexity index is 1320. The maximum absolute atomic E-state index is 12.5. The van der Waals surface area contributed by atoms with Gasteiger partial charge in [0.1, 0.15) is 16.9 Å². The number of halogens is 1. The molecule has 0 radical (unpaired) electrons. The zero-order chi connectivity index (χ0) is 21.4. The second-order valence-electron chi connectivity index (χ2n) is 7.73. The molecule has 0 bridgehead atoms. The first kappa shape index (κ1) is 19.9. The van der Waals surface area contributed by atoms with Crippen molar-refractivity contribution in [3.05, 3.63) is 68.9 Å². The van der Waals surface area contributed by atoms with Crippen LogP contribution in [0.5, 0.6) is 0 Å². The van der Waals surface area contributed by atoms with Crippen molar-refractivity contribution in [3.63, 3.8) is 0 Å². The van der Waals surface area contributed by atoms with Gasteiger partial charge in [-0.05, 0) is 48.9 Å². The number of nitrogens with zero attached hydrogens (tertiary/aromatic N) is 3. The predicted octanol–water partition coefficient (Wildman–Crippen LogP) is 2.97. The van der Waals surface area contributed by atoms with E-state index in [0.717, 1.165) is 28.4 Å². The monoisotopic (exact) mass is 481 g/mol. The summed E-state index contributed by atoms with van der Waals surface area (Å²) in [5, 5.41) is 3.79. The molecule has 1 aliphatic rings. The maximum atomic E-state index is 12.5. The summed E-state index contributed by atoms with van der Waals surface area (Å²) in [5.74, 6) is 0.530. The molecule has 31 heavy (non-hydrogen) atoms. The summed E-state index contributed by atoms with van der Waals surface area (Å²) in [5.41, 5.74) is 2.14. The lowest BCUT2D eigenvalue weighted by Gasteiger charge is -2.15. The minimum atomic E-state index is -0.293. The molecule has 1 aliphatic heterocycles. The van der Waals surface area contributed by atoms with E-state index < -0.39 is 0 Å². The molecule has 0 spiro atoms. The lowest BCUT2D eigenvalue weighted by atomic mass is 10.1. The Morgan fingerprint density at radius 2 is 2.13 bits per heavy atom. The molecule has 4 heterocycles. The number of furan rings is 1. The Labute approximate surface area is 185 Å². The Hall–Kier alpha value is -3.04. The fourth-order valence-corrected chi connectivity index (χ4v) is 4.34. The summed E-state index contributed by atoms with van der Waals surface area (Å²) in [6, 6.07) is 9.35. The number of carbonyl (C=O) groups is 1. The standard InChI is InChI=1S/C22H20BrN5O3/c23-15-1-2-17-16(9-15)19-20(31-17)22(30)27-18(26-19)12-28-8-5-14(11-28)21(29)25-10-13-3-6-24-7-4-13/h1-4,6-7,9,14H,5,8,10-12H2,(H,25,29)(H,26,27,30). The summed E-state index contributed by atoms with van der Waals surface area (Å²) in [4.78, 5) is 38.7. The van der Waals surface area contributed by atoms with E-state index in [4.69, 9.17) is 4.42 Å². The van der Waals surface area contributed by atoms with Gasteiger partial charge in [0.2, 0.25) is 11.5 Å². The highest BCUT2D eigenvalue weighted by Gasteiger charge is 2.28. The van der Waals surface area contributed by atoms with E-state index in [1.54, 1.807) is 12.4 Å². The van der Waals surface area contributed by atoms with Crippen molar-refractivity contribution in [1.82, 2.24) is 25.2 Å². The topological polar surface area (TPSA) is 104 Å². The molecule has 9 heteroatoms. The van der Waals surface area contributed by atoms with Gasteiger partial charge in [-0.25, -0.2) is 4.98 Å². The third-order valence-electron chi connectivity index (χ3n) is 5.57. The molecule has 2 N–H and O–H groups in total. The predicted molar refractivity (Wildman–Crippen MR) is 119 cm³/mol. The lowest BCUT2D eigenvalue weighted by molar-refractivity contribution is -0.124. The number of hydrogen-bond donors (Lipinski definition) is 2. The normalized spacial score (nSPS) is 16.9. The van der Waals surface area contributed by atoms with Crippen molar-refractivity contribution in [1.29, 1.82) is 0 Å². The van der Waals surface area contributed by atoms with Gasteiger partial charge in [-0.1, -0.05) is 15.9 Å². The van der Waals surface area contributed by atoms with Gasteiger partial charge in [0.05, 0.1) is 12.5 Å². The number of H-pyrrole nitrogens is 1. The molecule has 4 aromatic rings. The average Bonchev–Trinajstić information content (AvgIpc) is 3.38. The number of likely N-dealkylation sites (tertiary alicyclic amines) is 1. The SMILES string of the molecule is O=C(NCc1ccncc1)C1CCN(Cc2nc3c(oc4ccc(Br)cc43)c(=O)[nH]2)C1. The average molecular weight is 482 g/mol. The van der Waals surface area contributed by atoms with Crippen LogP contribution in [0.4, 0.5) is 0 Å². The van der Waals surface area contributed by atoms with Crippen molar-refractivity contribution in [2.45, 2.75) is 19.5 Å². The molecule has 1 atom stereocenters. The van der Waals surface area contributed by atoms with Gasteiger partial charge in [-0.2, -0.15) is 0 Å². The van der Waals surface area contributed by atoms with Crippen molar-refractivity contribution in [2.24, 2.45) is 5.92 Å². The Balaban J connectivity index is 1.28. The number of nitrogens with one attached hydrogen (secondary N) is 2. The zero-order valence-electron chi connectivity index (χ0n) is 16.6. The van der Waals surface area contributed by atoms with Crippen molar-refractivity contribution < 1.29 is 9.21 Å². The van der Waals surface area contributed by atoms with Crippen LogP contribution in [0.1, 0.15) is 17.8 Å². The van der Waals surface area contributed by atoms with E-state index in [-0.39, 0.29) is 23.0 Å². The molecule has 0 saturated carbocycles. The van der Waals surface area contributed by atoms with E-state index in [0.29, 0.717) is 36.6 Å². The molecule has 158 valence electrons. The molecule has 0 aliphatic carbocycles. The summed E-state index contributed by atoms with van der Waals surface area (Å²) in [6.45, 7) is 2.36. The van der Waals surface area contributed by atoms with Crippen molar-refractivity contribution >= 4 is 43.9 Å². The zero-order valence-corrected chi connectivity index (χ0v) is 18.2. The number of carbonyl (C=O) groups excluding carboxylic acids is 1. The smallest absolute Gasteiger partial charge is 0.294 e. The first-order valence-electron chi connectivity index (χ1n) is 10.1. The van der Waals surface area contributed by atoms with Crippen LogP contribution in [0.25, 0.3) is 22.1 Å². The fourth-order valence-electron chi connectivity index (χ4n) is 3.98. The molecule has 1 unspecified atom stereocenters. The summed E-state index contributed by atoms with van der Waals surface area (Å²) >= 11 is 3.45. The van der Waals surface area contributed by atoms with E-state index >= 15 is 0 Å². The molecule has 1 fully saturated rings. The van der Waals surface area contributed by atoms with Crippen LogP contribution in [0.15, 0.2) is 56.4 Å². The number of aromatic nitrogens is 3. The number of hydrogen-bond acceptors (Lipinski definition) is 6. The molecule has 1 aromatic carbocycles. The second kappa shape index (κ2) is 8.24. The quantitative estimate of drug-likeness (QED) is 0.454. The van der Waals surface area contributed by atoms with E-state index in [1.165, 1.54) is 0 Å². The maximum Gasteiger partial charge on any atom is 0.294 e. The van der Waals surface area contributed by atoms with E-state index in [2.05, 4.69) is 41.1 Å². The van der Waals surface area contributed by atoms with E-state index in [1.807, 2.05) is 30.3 Å². The van der Waals surface area contributed by atoms with Gasteiger partial charge in [-0.15, -0.1) is 0 Å². The summed E-state index contributed by atoms with van der Waals surface area (Å²) in [7, 11) is 0. The molecule has 1 saturated heterocycles. The van der Waals surface area contributed by atoms with Crippen LogP contribution < -0.4 is 10.9 Å². The van der Waals surface area contributed by atoms with Gasteiger partial charge >= 0.3 is 0 Å². The number of fused-ring (bicyclic) bond motifs is 3. The second-order valence-corrected chi connectivity index (χ2v) is 8.64. The highest BCUT2D eigenvalue weighted by Crippen LogP contribution is 2.28. The Kier molecular flexibility index (Phi) is 5.29. The number of aromatic amines is 1. The van der Waals surface area contributed by atoms with Crippen molar-refractivity contribution in [2.75, 3.05) is 13.1 Å². The minimum Gasteiger partial charge on any atom is -0.449 e. The molecule has 3 aromatic heterocycles. The van der Waals surface area contributed by atoms with Gasteiger partial charge in [0, 0.05) is 35.3 Å². The molecular formula is C22H20BrN5O3. The fraction of sp³-hybridized carbons (Fsp3) is 0.273. The van der Waals surface area contributed by atoms with Crippen LogP contribution in [-0.2, 0) is 17.9 Å². The van der Waals surface area contributed by atoms with Crippen LogP contribution in [0, 0.1) is 5.92 Å². The number of pyridine rings is 1. The largest absolute Gasteiger partial charge is 0.449 e. The first-order chi connectivity index (χ1) is 15.1. The Morgan fingerprint density at radius 3 is 2.97 bits per heavy atom. The summed E-state index contributed by atoms with van der Waals surface area (Å²) < 4.78 is 6.57.